The molecule has 0 aromatic heterocycles. The van der Waals surface area contributed by atoms with Crippen LogP contribution in [0.4, 0.5) is 22.7 Å². The third-order valence-electron chi connectivity index (χ3n) is 11.2. The van der Waals surface area contributed by atoms with Crippen molar-refractivity contribution in [2.24, 2.45) is 10.2 Å². The van der Waals surface area contributed by atoms with Crippen LogP contribution in [-0.2, 0) is 32.5 Å². The maximum atomic E-state index is 6.80. The standard InChI is InChI=1S/C46H60N4O2/c1-41(2,3)25-17-29-37(33(47)21-25)51-39-31(45(29,13)14)19-27(43(7,8)9)23-35(39)49-50-36-24-28(44(10,11)12)20-32-40(36)52-38-30(46(32,15)16)18-26(22-34(38)48)42(4,5)6/h17-24H,47-48H2,1-16H3. The van der Waals surface area contributed by atoms with E-state index >= 15 is 0 Å². The molecule has 4 N–H and O–H groups in total. The summed E-state index contributed by atoms with van der Waals surface area (Å²) < 4.78 is 13.6. The van der Waals surface area contributed by atoms with Crippen molar-refractivity contribution < 1.29 is 9.47 Å². The maximum absolute atomic E-state index is 6.80. The van der Waals surface area contributed by atoms with E-state index in [0.29, 0.717) is 45.7 Å². The van der Waals surface area contributed by atoms with Gasteiger partial charge in [-0.15, -0.1) is 10.2 Å². The van der Waals surface area contributed by atoms with Gasteiger partial charge < -0.3 is 20.9 Å². The summed E-state index contributed by atoms with van der Waals surface area (Å²) in [6, 6.07) is 17.4. The van der Waals surface area contributed by atoms with Gasteiger partial charge in [-0.3, -0.25) is 0 Å². The van der Waals surface area contributed by atoms with E-state index in [1.54, 1.807) is 0 Å². The highest BCUT2D eigenvalue weighted by Crippen LogP contribution is 2.57. The number of ether oxygens (including phenoxy) is 2. The lowest BCUT2D eigenvalue weighted by molar-refractivity contribution is 0.416. The summed E-state index contributed by atoms with van der Waals surface area (Å²) in [4.78, 5) is 0. The minimum atomic E-state index is -0.407. The second kappa shape index (κ2) is 11.6. The molecule has 6 rings (SSSR count). The molecule has 0 aliphatic carbocycles. The molecule has 0 unspecified atom stereocenters. The van der Waals surface area contributed by atoms with Crippen molar-refractivity contribution in [3.05, 3.63) is 93.0 Å². The zero-order chi connectivity index (χ0) is 38.7. The van der Waals surface area contributed by atoms with Crippen LogP contribution < -0.4 is 20.9 Å². The molecule has 0 atom stereocenters. The van der Waals surface area contributed by atoms with E-state index < -0.39 is 10.8 Å². The summed E-state index contributed by atoms with van der Waals surface area (Å²) in [5.74, 6) is 2.72. The average Bonchev–Trinajstić information content (AvgIpc) is 2.99. The normalized spacial score (nSPS) is 16.4. The molecule has 0 radical (unpaired) electrons. The maximum Gasteiger partial charge on any atom is 0.159 e. The quantitative estimate of drug-likeness (QED) is 0.161. The fraction of sp³-hybridized carbons (Fsp3) is 0.478. The van der Waals surface area contributed by atoms with Crippen molar-refractivity contribution in [3.63, 3.8) is 0 Å². The second-order valence-electron chi connectivity index (χ2n) is 20.3. The third-order valence-corrected chi connectivity index (χ3v) is 11.2. The molecule has 276 valence electrons. The average molecular weight is 701 g/mol. The third kappa shape index (κ3) is 6.26. The van der Waals surface area contributed by atoms with Crippen LogP contribution in [0.1, 0.15) is 155 Å². The summed E-state index contributed by atoms with van der Waals surface area (Å²) in [6.07, 6.45) is 0. The highest BCUT2D eigenvalue weighted by atomic mass is 16.5. The van der Waals surface area contributed by atoms with Gasteiger partial charge in [0, 0.05) is 33.1 Å². The molecular formula is C46H60N4O2. The zero-order valence-electron chi connectivity index (χ0n) is 34.5. The summed E-state index contributed by atoms with van der Waals surface area (Å²) in [7, 11) is 0. The van der Waals surface area contributed by atoms with Gasteiger partial charge >= 0.3 is 0 Å². The lowest BCUT2D eigenvalue weighted by Crippen LogP contribution is -2.27. The number of benzene rings is 4. The Hall–Kier alpha value is -4.32. The minimum Gasteiger partial charge on any atom is -0.452 e. The largest absolute Gasteiger partial charge is 0.452 e. The van der Waals surface area contributed by atoms with E-state index in [2.05, 4.69) is 147 Å². The number of nitrogens with two attached hydrogens (primary N) is 2. The molecule has 0 fully saturated rings. The highest BCUT2D eigenvalue weighted by molar-refractivity contribution is 5.75. The lowest BCUT2D eigenvalue weighted by atomic mass is 9.71. The molecule has 4 aromatic carbocycles. The Bertz CT molecular complexity index is 1990. The Balaban J connectivity index is 1.57. The summed E-state index contributed by atoms with van der Waals surface area (Å²) in [5.41, 5.74) is 23.8. The molecule has 2 heterocycles. The minimum absolute atomic E-state index is 0.0659. The van der Waals surface area contributed by atoms with Gasteiger partial charge in [-0.25, -0.2) is 0 Å². The molecule has 6 heteroatoms. The predicted molar refractivity (Wildman–Crippen MR) is 218 cm³/mol. The first-order chi connectivity index (χ1) is 23.6. The van der Waals surface area contributed by atoms with E-state index in [4.69, 9.17) is 31.2 Å². The molecule has 0 spiro atoms. The zero-order valence-corrected chi connectivity index (χ0v) is 34.5. The van der Waals surface area contributed by atoms with Gasteiger partial charge in [0.25, 0.3) is 0 Å². The van der Waals surface area contributed by atoms with Crippen molar-refractivity contribution >= 4 is 22.7 Å². The van der Waals surface area contributed by atoms with Crippen molar-refractivity contribution in [2.45, 2.75) is 143 Å². The first-order valence-corrected chi connectivity index (χ1v) is 18.7. The van der Waals surface area contributed by atoms with Crippen LogP contribution in [0.3, 0.4) is 0 Å². The molecule has 0 amide bonds. The Morgan fingerprint density at radius 2 is 0.654 bits per heavy atom. The number of anilines is 2. The molecule has 6 nitrogen and oxygen atoms in total. The number of nitrogens with zero attached hydrogens (tertiary/aromatic N) is 2. The number of fused-ring (bicyclic) bond motifs is 4. The number of nitrogen functional groups attached to an aromatic ring is 2. The predicted octanol–water partition coefficient (Wildman–Crippen LogP) is 13.3. The van der Waals surface area contributed by atoms with Gasteiger partial charge in [0.1, 0.15) is 11.4 Å². The molecule has 0 saturated heterocycles. The van der Waals surface area contributed by atoms with Gasteiger partial charge in [0.05, 0.1) is 11.4 Å². The fourth-order valence-corrected chi connectivity index (χ4v) is 7.31. The van der Waals surface area contributed by atoms with Crippen LogP contribution in [0.5, 0.6) is 23.0 Å². The fourth-order valence-electron chi connectivity index (χ4n) is 7.31. The van der Waals surface area contributed by atoms with Crippen LogP contribution >= 0.6 is 0 Å². The van der Waals surface area contributed by atoms with Crippen LogP contribution in [0.2, 0.25) is 0 Å². The van der Waals surface area contributed by atoms with Gasteiger partial charge in [0.2, 0.25) is 0 Å². The Kier molecular flexibility index (Phi) is 8.34. The van der Waals surface area contributed by atoms with E-state index in [1.807, 2.05) is 12.1 Å². The molecule has 2 aliphatic heterocycles. The molecular weight excluding hydrogens is 641 g/mol. The van der Waals surface area contributed by atoms with E-state index in [9.17, 15) is 0 Å². The second-order valence-corrected chi connectivity index (χ2v) is 20.3. The summed E-state index contributed by atoms with van der Waals surface area (Å²) >= 11 is 0. The van der Waals surface area contributed by atoms with E-state index in [-0.39, 0.29) is 21.7 Å². The van der Waals surface area contributed by atoms with Crippen molar-refractivity contribution in [1.82, 2.24) is 0 Å². The van der Waals surface area contributed by atoms with Gasteiger partial charge in [-0.05, 0) is 68.2 Å². The van der Waals surface area contributed by atoms with Crippen molar-refractivity contribution in [3.8, 4) is 23.0 Å². The smallest absolute Gasteiger partial charge is 0.159 e. The molecule has 4 aromatic rings. The Morgan fingerprint density at radius 1 is 0.404 bits per heavy atom. The van der Waals surface area contributed by atoms with Gasteiger partial charge in [-0.1, -0.05) is 135 Å². The molecule has 52 heavy (non-hydrogen) atoms. The van der Waals surface area contributed by atoms with Crippen molar-refractivity contribution in [1.29, 1.82) is 0 Å². The Morgan fingerprint density at radius 3 is 0.923 bits per heavy atom. The Labute approximate surface area is 312 Å². The highest BCUT2D eigenvalue weighted by Gasteiger charge is 2.41. The summed E-state index contributed by atoms with van der Waals surface area (Å²) in [6.45, 7) is 35.6. The first kappa shape index (κ1) is 37.4. The molecule has 2 aliphatic rings. The van der Waals surface area contributed by atoms with Crippen LogP contribution in [0.25, 0.3) is 0 Å². The summed E-state index contributed by atoms with van der Waals surface area (Å²) in [5, 5.41) is 10.1. The first-order valence-electron chi connectivity index (χ1n) is 18.7. The molecule has 0 bridgehead atoms. The molecule has 0 saturated carbocycles. The lowest BCUT2D eigenvalue weighted by Gasteiger charge is -2.38. The number of hydrogen-bond donors (Lipinski definition) is 2. The van der Waals surface area contributed by atoms with Crippen LogP contribution in [0, 0.1) is 0 Å². The van der Waals surface area contributed by atoms with Crippen LogP contribution in [-0.4, -0.2) is 0 Å². The van der Waals surface area contributed by atoms with E-state index in [0.717, 1.165) is 33.4 Å². The van der Waals surface area contributed by atoms with Crippen LogP contribution in [0.15, 0.2) is 58.8 Å². The number of hydrogen-bond acceptors (Lipinski definition) is 6. The van der Waals surface area contributed by atoms with E-state index in [1.165, 1.54) is 11.1 Å². The monoisotopic (exact) mass is 700 g/mol. The topological polar surface area (TPSA) is 95.2 Å². The van der Waals surface area contributed by atoms with Gasteiger partial charge in [-0.2, -0.15) is 0 Å². The van der Waals surface area contributed by atoms with Crippen molar-refractivity contribution in [2.75, 3.05) is 11.5 Å². The number of rotatable bonds is 2. The van der Waals surface area contributed by atoms with Gasteiger partial charge in [0.15, 0.2) is 23.0 Å². The number of azo groups is 1. The SMILES string of the molecule is CC(C)(C)c1cc(N)c2c(c1)C(C)(C)c1cc(C(C)(C)C)cc(N=Nc3cc(C(C)(C)C)cc4c3Oc3c(N)cc(C(C)(C)C)cc3C4(C)C)c1O2.